The Morgan fingerprint density at radius 1 is 1.03 bits per heavy atom. The molecule has 0 spiro atoms. The van der Waals surface area contributed by atoms with Gasteiger partial charge in [0.05, 0.1) is 18.1 Å². The number of amides is 1. The summed E-state index contributed by atoms with van der Waals surface area (Å²) in [5.41, 5.74) is 2.80. The summed E-state index contributed by atoms with van der Waals surface area (Å²) < 4.78 is 30.7. The van der Waals surface area contributed by atoms with Crippen molar-refractivity contribution in [3.63, 3.8) is 0 Å². The summed E-state index contributed by atoms with van der Waals surface area (Å²) in [4.78, 5) is 24.1. The maximum absolute atomic E-state index is 12.5. The molecule has 0 unspecified atom stereocenters. The summed E-state index contributed by atoms with van der Waals surface area (Å²) in [6.07, 6.45) is 4.78. The molecule has 4 aromatic rings. The maximum Gasteiger partial charge on any atom is 0.251 e. The van der Waals surface area contributed by atoms with Gasteiger partial charge in [-0.1, -0.05) is 0 Å². The number of carbonyl (C=O) groups excluding carboxylic acids is 1. The van der Waals surface area contributed by atoms with Crippen LogP contribution in [0.5, 0.6) is 0 Å². The lowest BCUT2D eigenvalue weighted by Gasteiger charge is -2.26. The molecule has 1 amide bonds. The van der Waals surface area contributed by atoms with Crippen LogP contribution in [0.4, 0.5) is 11.6 Å². The van der Waals surface area contributed by atoms with Crippen molar-refractivity contribution in [3.8, 4) is 5.69 Å². The van der Waals surface area contributed by atoms with E-state index >= 15 is 0 Å². The van der Waals surface area contributed by atoms with Crippen molar-refractivity contribution >= 4 is 38.4 Å². The van der Waals surface area contributed by atoms with Gasteiger partial charge in [0.1, 0.15) is 5.65 Å². The van der Waals surface area contributed by atoms with Crippen LogP contribution in [0.25, 0.3) is 16.7 Å². The number of fused-ring (bicyclic) bond motifs is 1. The van der Waals surface area contributed by atoms with E-state index < -0.39 is 9.84 Å². The van der Waals surface area contributed by atoms with Crippen molar-refractivity contribution in [2.24, 2.45) is 0 Å². The van der Waals surface area contributed by atoms with Gasteiger partial charge >= 0.3 is 0 Å². The number of anilines is 2. The molecule has 37 heavy (non-hydrogen) atoms. The van der Waals surface area contributed by atoms with E-state index in [1.54, 1.807) is 42.6 Å². The fourth-order valence-corrected chi connectivity index (χ4v) is 4.76. The van der Waals surface area contributed by atoms with E-state index in [-0.39, 0.29) is 10.8 Å². The topological polar surface area (TPSA) is 118 Å². The Morgan fingerprint density at radius 3 is 2.46 bits per heavy atom. The summed E-state index contributed by atoms with van der Waals surface area (Å²) in [5, 5.41) is 6.99. The molecule has 2 aromatic heterocycles. The molecule has 1 aliphatic heterocycles. The van der Waals surface area contributed by atoms with E-state index in [0.29, 0.717) is 23.7 Å². The van der Waals surface area contributed by atoms with Crippen LogP contribution in [0.2, 0.25) is 0 Å². The van der Waals surface area contributed by atoms with Crippen molar-refractivity contribution < 1.29 is 17.9 Å². The molecular formula is C26H28N6O4S. The Bertz CT molecular complexity index is 1490. The molecule has 192 valence electrons. The van der Waals surface area contributed by atoms with Gasteiger partial charge in [-0.05, 0) is 54.6 Å². The van der Waals surface area contributed by atoms with E-state index in [2.05, 4.69) is 25.5 Å². The van der Waals surface area contributed by atoms with Crippen LogP contribution in [0.3, 0.4) is 0 Å². The van der Waals surface area contributed by atoms with E-state index in [0.717, 1.165) is 49.6 Å². The van der Waals surface area contributed by atoms with Gasteiger partial charge in [0, 0.05) is 67.2 Å². The van der Waals surface area contributed by atoms with Gasteiger partial charge in [-0.15, -0.1) is 0 Å². The summed E-state index contributed by atoms with van der Waals surface area (Å²) >= 11 is 0. The average Bonchev–Trinajstić information content (AvgIpc) is 3.32. The Labute approximate surface area is 215 Å². The van der Waals surface area contributed by atoms with Crippen LogP contribution in [0.15, 0.2) is 71.9 Å². The molecule has 2 aromatic carbocycles. The van der Waals surface area contributed by atoms with Crippen LogP contribution in [0.1, 0.15) is 10.4 Å². The minimum absolute atomic E-state index is 0.114. The van der Waals surface area contributed by atoms with Gasteiger partial charge in [-0.25, -0.2) is 13.4 Å². The maximum atomic E-state index is 12.5. The van der Waals surface area contributed by atoms with Crippen molar-refractivity contribution in [1.29, 1.82) is 0 Å². The number of sulfone groups is 1. The SMILES string of the molecule is CS(=O)(=O)c1ccc(-n2ccc3cnc(Nc4ccc(C(=O)NCCN5CCOCC5)cc4)nc32)cc1. The first-order chi connectivity index (χ1) is 17.9. The minimum atomic E-state index is -3.27. The monoisotopic (exact) mass is 520 g/mol. The van der Waals surface area contributed by atoms with Crippen LogP contribution < -0.4 is 10.6 Å². The van der Waals surface area contributed by atoms with Crippen molar-refractivity contribution in [2.45, 2.75) is 4.90 Å². The smallest absolute Gasteiger partial charge is 0.251 e. The number of rotatable bonds is 8. The van der Waals surface area contributed by atoms with Gasteiger partial charge in [-0.3, -0.25) is 9.69 Å². The lowest BCUT2D eigenvalue weighted by Crippen LogP contribution is -2.41. The van der Waals surface area contributed by atoms with Gasteiger partial charge in [-0.2, -0.15) is 4.98 Å². The summed E-state index contributed by atoms with van der Waals surface area (Å²) in [7, 11) is -3.27. The second kappa shape index (κ2) is 10.7. The second-order valence-corrected chi connectivity index (χ2v) is 10.9. The zero-order valence-corrected chi connectivity index (χ0v) is 21.2. The molecule has 0 aliphatic carbocycles. The third kappa shape index (κ3) is 5.96. The highest BCUT2D eigenvalue weighted by atomic mass is 32.2. The quantitative estimate of drug-likeness (QED) is 0.364. The largest absolute Gasteiger partial charge is 0.379 e. The highest BCUT2D eigenvalue weighted by Gasteiger charge is 2.12. The molecule has 2 N–H and O–H groups in total. The Kier molecular flexibility index (Phi) is 7.17. The molecule has 11 heteroatoms. The first-order valence-electron chi connectivity index (χ1n) is 12.0. The van der Waals surface area contributed by atoms with Crippen molar-refractivity contribution in [3.05, 3.63) is 72.6 Å². The Balaban J connectivity index is 1.24. The Morgan fingerprint density at radius 2 is 1.76 bits per heavy atom. The van der Waals surface area contributed by atoms with Gasteiger partial charge in [0.15, 0.2) is 9.84 Å². The first-order valence-corrected chi connectivity index (χ1v) is 13.9. The number of hydrogen-bond donors (Lipinski definition) is 2. The normalized spacial score (nSPS) is 14.5. The molecule has 0 bridgehead atoms. The molecule has 0 saturated carbocycles. The lowest BCUT2D eigenvalue weighted by molar-refractivity contribution is 0.0383. The standard InChI is InChI=1S/C26H28N6O4S/c1-37(34,35)23-8-6-22(7-9-23)32-12-10-20-18-28-26(30-24(20)32)29-21-4-2-19(3-5-21)25(33)27-11-13-31-14-16-36-17-15-31/h2-10,12,18H,11,13-17H2,1H3,(H,27,33)(H,28,29,30). The third-order valence-corrected chi connectivity index (χ3v) is 7.32. The molecule has 10 nitrogen and oxygen atoms in total. The number of carbonyl (C=O) groups is 1. The lowest BCUT2D eigenvalue weighted by atomic mass is 10.2. The molecule has 0 radical (unpaired) electrons. The number of nitrogens with zero attached hydrogens (tertiary/aromatic N) is 4. The van der Waals surface area contributed by atoms with Crippen LogP contribution in [-0.4, -0.2) is 79.4 Å². The third-order valence-electron chi connectivity index (χ3n) is 6.19. The molecule has 3 heterocycles. The fourth-order valence-electron chi connectivity index (χ4n) is 4.13. The van der Waals surface area contributed by atoms with Crippen molar-refractivity contribution in [1.82, 2.24) is 24.8 Å². The molecule has 0 atom stereocenters. The minimum Gasteiger partial charge on any atom is -0.379 e. The number of hydrogen-bond acceptors (Lipinski definition) is 8. The highest BCUT2D eigenvalue weighted by Crippen LogP contribution is 2.22. The van der Waals surface area contributed by atoms with Crippen LogP contribution in [-0.2, 0) is 14.6 Å². The predicted molar refractivity (Wildman–Crippen MR) is 141 cm³/mol. The Hall–Kier alpha value is -3.80. The average molecular weight is 521 g/mol. The summed E-state index contributed by atoms with van der Waals surface area (Å²) in [5.74, 6) is 0.292. The summed E-state index contributed by atoms with van der Waals surface area (Å²) in [6, 6.07) is 15.7. The van der Waals surface area contributed by atoms with Gasteiger partial charge in [0.25, 0.3) is 5.91 Å². The van der Waals surface area contributed by atoms with E-state index in [9.17, 15) is 13.2 Å². The molecule has 1 fully saturated rings. The number of aromatic nitrogens is 3. The molecule has 1 aliphatic rings. The second-order valence-electron chi connectivity index (χ2n) is 8.84. The number of ether oxygens (including phenoxy) is 1. The van der Waals surface area contributed by atoms with Crippen LogP contribution >= 0.6 is 0 Å². The van der Waals surface area contributed by atoms with E-state index in [1.807, 2.05) is 29.0 Å². The van der Waals surface area contributed by atoms with Gasteiger partial charge < -0.3 is 19.9 Å². The zero-order chi connectivity index (χ0) is 25.8. The zero-order valence-electron chi connectivity index (χ0n) is 20.4. The number of morpholine rings is 1. The highest BCUT2D eigenvalue weighted by molar-refractivity contribution is 7.90. The van der Waals surface area contributed by atoms with E-state index in [1.165, 1.54) is 6.26 Å². The summed E-state index contributed by atoms with van der Waals surface area (Å²) in [6.45, 7) is 4.66. The predicted octanol–water partition coefficient (Wildman–Crippen LogP) is 2.63. The number of nitrogens with one attached hydrogen (secondary N) is 2. The van der Waals surface area contributed by atoms with E-state index in [4.69, 9.17) is 4.74 Å². The molecule has 1 saturated heterocycles. The molecule has 5 rings (SSSR count). The first kappa shape index (κ1) is 24.9. The molecular weight excluding hydrogens is 492 g/mol. The fraction of sp³-hybridized carbons (Fsp3) is 0.269. The number of benzene rings is 2. The van der Waals surface area contributed by atoms with Crippen LogP contribution in [0, 0.1) is 0 Å². The van der Waals surface area contributed by atoms with Crippen molar-refractivity contribution in [2.75, 3.05) is 51.0 Å². The van der Waals surface area contributed by atoms with Gasteiger partial charge in [0.2, 0.25) is 5.95 Å².